The van der Waals surface area contributed by atoms with Gasteiger partial charge >= 0.3 is 5.97 Å². The number of nitrogens with one attached hydrogen (secondary N) is 1. The van der Waals surface area contributed by atoms with Gasteiger partial charge < -0.3 is 10.4 Å². The third-order valence-electron chi connectivity index (χ3n) is 3.03. The first-order valence-electron chi connectivity index (χ1n) is 6.64. The van der Waals surface area contributed by atoms with E-state index >= 15 is 0 Å². The average molecular weight is 263 g/mol. The van der Waals surface area contributed by atoms with E-state index in [0.717, 1.165) is 19.3 Å². The summed E-state index contributed by atoms with van der Waals surface area (Å²) in [5, 5.41) is 11.4. The van der Waals surface area contributed by atoms with Gasteiger partial charge in [-0.25, -0.2) is 0 Å². The predicted octanol–water partition coefficient (Wildman–Crippen LogP) is 2.48. The molecule has 104 valence electrons. The fourth-order valence-corrected chi connectivity index (χ4v) is 1.64. The SMILES string of the molecule is CCCCc1ccc(C(=O)NCC(C)C(=O)O)cc1. The van der Waals surface area contributed by atoms with Gasteiger partial charge in [-0.1, -0.05) is 32.4 Å². The van der Waals surface area contributed by atoms with Gasteiger partial charge in [-0.05, 0) is 30.5 Å². The van der Waals surface area contributed by atoms with Crippen molar-refractivity contribution in [2.45, 2.75) is 33.1 Å². The Hall–Kier alpha value is -1.84. The quantitative estimate of drug-likeness (QED) is 0.794. The minimum absolute atomic E-state index is 0.145. The van der Waals surface area contributed by atoms with Crippen LogP contribution in [0.5, 0.6) is 0 Å². The fraction of sp³-hybridized carbons (Fsp3) is 0.467. The Morgan fingerprint density at radius 2 is 1.89 bits per heavy atom. The van der Waals surface area contributed by atoms with Crippen LogP contribution in [-0.2, 0) is 11.2 Å². The predicted molar refractivity (Wildman–Crippen MR) is 74.2 cm³/mol. The number of carbonyl (C=O) groups is 2. The zero-order chi connectivity index (χ0) is 14.3. The van der Waals surface area contributed by atoms with Crippen molar-refractivity contribution in [1.29, 1.82) is 0 Å². The van der Waals surface area contributed by atoms with E-state index in [4.69, 9.17) is 5.11 Å². The van der Waals surface area contributed by atoms with E-state index in [1.54, 1.807) is 19.1 Å². The van der Waals surface area contributed by atoms with Gasteiger partial charge in [0.25, 0.3) is 5.91 Å². The summed E-state index contributed by atoms with van der Waals surface area (Å²) in [6.45, 7) is 3.85. The second kappa shape index (κ2) is 7.56. The molecule has 1 amide bonds. The standard InChI is InChI=1S/C15H21NO3/c1-3-4-5-12-6-8-13(9-7-12)14(17)16-10-11(2)15(18)19/h6-9,11H,3-5,10H2,1-2H3,(H,16,17)(H,18,19). The molecule has 1 aromatic carbocycles. The summed E-state index contributed by atoms with van der Waals surface area (Å²) in [6, 6.07) is 7.47. The molecular formula is C15H21NO3. The zero-order valence-corrected chi connectivity index (χ0v) is 11.5. The first kappa shape index (κ1) is 15.2. The largest absolute Gasteiger partial charge is 0.481 e. The van der Waals surface area contributed by atoms with Crippen LogP contribution in [0, 0.1) is 5.92 Å². The van der Waals surface area contributed by atoms with Gasteiger partial charge in [0, 0.05) is 12.1 Å². The van der Waals surface area contributed by atoms with E-state index in [1.807, 2.05) is 12.1 Å². The molecule has 1 rings (SSSR count). The number of carbonyl (C=O) groups excluding carboxylic acids is 1. The Labute approximate surface area is 113 Å². The number of amides is 1. The topological polar surface area (TPSA) is 66.4 Å². The van der Waals surface area contributed by atoms with Gasteiger partial charge in [-0.2, -0.15) is 0 Å². The molecule has 4 heteroatoms. The highest BCUT2D eigenvalue weighted by atomic mass is 16.4. The van der Waals surface area contributed by atoms with Gasteiger partial charge in [-0.3, -0.25) is 9.59 Å². The molecule has 0 saturated heterocycles. The number of aryl methyl sites for hydroxylation is 1. The lowest BCUT2D eigenvalue weighted by Gasteiger charge is -2.09. The third kappa shape index (κ3) is 5.12. The lowest BCUT2D eigenvalue weighted by molar-refractivity contribution is -0.140. The maximum atomic E-state index is 11.8. The van der Waals surface area contributed by atoms with Crippen LogP contribution in [-0.4, -0.2) is 23.5 Å². The number of unbranched alkanes of at least 4 members (excludes halogenated alkanes) is 1. The van der Waals surface area contributed by atoms with Gasteiger partial charge in [0.15, 0.2) is 0 Å². The molecule has 1 atom stereocenters. The highest BCUT2D eigenvalue weighted by molar-refractivity contribution is 5.94. The van der Waals surface area contributed by atoms with Gasteiger partial charge in [0.1, 0.15) is 0 Å². The first-order valence-corrected chi connectivity index (χ1v) is 6.64. The van der Waals surface area contributed by atoms with Crippen LogP contribution in [0.25, 0.3) is 0 Å². The molecule has 0 bridgehead atoms. The molecule has 0 spiro atoms. The van der Waals surface area contributed by atoms with E-state index in [2.05, 4.69) is 12.2 Å². The average Bonchev–Trinajstić information content (AvgIpc) is 2.42. The highest BCUT2D eigenvalue weighted by Crippen LogP contribution is 2.08. The summed E-state index contributed by atoms with van der Waals surface area (Å²) in [5.74, 6) is -1.71. The number of rotatable bonds is 7. The van der Waals surface area contributed by atoms with E-state index in [-0.39, 0.29) is 12.5 Å². The maximum Gasteiger partial charge on any atom is 0.308 e. The first-order chi connectivity index (χ1) is 9.04. The number of hydrogen-bond donors (Lipinski definition) is 2. The minimum atomic E-state index is -0.907. The van der Waals surface area contributed by atoms with Crippen molar-refractivity contribution < 1.29 is 14.7 Å². The molecule has 0 fully saturated rings. The van der Waals surface area contributed by atoms with Crippen LogP contribution in [0.1, 0.15) is 42.6 Å². The molecule has 0 aliphatic rings. The maximum absolute atomic E-state index is 11.8. The normalized spacial score (nSPS) is 11.9. The molecule has 4 nitrogen and oxygen atoms in total. The van der Waals surface area contributed by atoms with Gasteiger partial charge in [0.05, 0.1) is 5.92 Å². The molecule has 19 heavy (non-hydrogen) atoms. The summed E-state index contributed by atoms with van der Waals surface area (Å²) >= 11 is 0. The van der Waals surface area contributed by atoms with Crippen molar-refractivity contribution in [2.24, 2.45) is 5.92 Å². The van der Waals surface area contributed by atoms with E-state index in [0.29, 0.717) is 5.56 Å². The molecule has 0 aliphatic heterocycles. The molecule has 1 unspecified atom stereocenters. The molecular weight excluding hydrogens is 242 g/mol. The molecule has 0 aromatic heterocycles. The van der Waals surface area contributed by atoms with E-state index < -0.39 is 11.9 Å². The number of benzene rings is 1. The molecule has 0 aliphatic carbocycles. The van der Waals surface area contributed by atoms with Gasteiger partial charge in [0.2, 0.25) is 0 Å². The van der Waals surface area contributed by atoms with Crippen molar-refractivity contribution in [2.75, 3.05) is 6.54 Å². The number of hydrogen-bond acceptors (Lipinski definition) is 2. The summed E-state index contributed by atoms with van der Waals surface area (Å²) in [4.78, 5) is 22.4. The smallest absolute Gasteiger partial charge is 0.308 e. The van der Waals surface area contributed by atoms with E-state index in [1.165, 1.54) is 5.56 Å². The van der Waals surface area contributed by atoms with Crippen molar-refractivity contribution in [3.05, 3.63) is 35.4 Å². The molecule has 2 N–H and O–H groups in total. The molecule has 0 heterocycles. The monoisotopic (exact) mass is 263 g/mol. The van der Waals surface area contributed by atoms with Crippen LogP contribution >= 0.6 is 0 Å². The lowest BCUT2D eigenvalue weighted by Crippen LogP contribution is -2.31. The Morgan fingerprint density at radius 1 is 1.26 bits per heavy atom. The van der Waals surface area contributed by atoms with E-state index in [9.17, 15) is 9.59 Å². The summed E-state index contributed by atoms with van der Waals surface area (Å²) in [5.41, 5.74) is 1.79. The summed E-state index contributed by atoms with van der Waals surface area (Å²) in [7, 11) is 0. The second-order valence-corrected chi connectivity index (χ2v) is 4.75. The fourth-order valence-electron chi connectivity index (χ4n) is 1.64. The Kier molecular flexibility index (Phi) is 6.06. The molecule has 1 aromatic rings. The van der Waals surface area contributed by atoms with Crippen LogP contribution < -0.4 is 5.32 Å². The number of aliphatic carboxylic acids is 1. The Balaban J connectivity index is 2.51. The molecule has 0 radical (unpaired) electrons. The van der Waals surface area contributed by atoms with Crippen molar-refractivity contribution >= 4 is 11.9 Å². The number of carboxylic acids is 1. The number of carboxylic acid groups (broad SMARTS) is 1. The third-order valence-corrected chi connectivity index (χ3v) is 3.03. The summed E-state index contributed by atoms with van der Waals surface area (Å²) < 4.78 is 0. The lowest BCUT2D eigenvalue weighted by atomic mass is 10.1. The summed E-state index contributed by atoms with van der Waals surface area (Å²) in [6.07, 6.45) is 3.31. The van der Waals surface area contributed by atoms with Crippen molar-refractivity contribution in [3.63, 3.8) is 0 Å². The van der Waals surface area contributed by atoms with Crippen LogP contribution in [0.15, 0.2) is 24.3 Å². The Morgan fingerprint density at radius 3 is 2.42 bits per heavy atom. The minimum Gasteiger partial charge on any atom is -0.481 e. The second-order valence-electron chi connectivity index (χ2n) is 4.75. The molecule has 0 saturated carbocycles. The van der Waals surface area contributed by atoms with Gasteiger partial charge in [-0.15, -0.1) is 0 Å². The van der Waals surface area contributed by atoms with Crippen molar-refractivity contribution in [1.82, 2.24) is 5.32 Å². The van der Waals surface area contributed by atoms with Crippen LogP contribution in [0.4, 0.5) is 0 Å². The van der Waals surface area contributed by atoms with Crippen LogP contribution in [0.2, 0.25) is 0 Å². The zero-order valence-electron chi connectivity index (χ0n) is 11.5. The Bertz CT molecular complexity index is 426. The highest BCUT2D eigenvalue weighted by Gasteiger charge is 2.12. The van der Waals surface area contributed by atoms with Crippen molar-refractivity contribution in [3.8, 4) is 0 Å². The van der Waals surface area contributed by atoms with Crippen LogP contribution in [0.3, 0.4) is 0 Å².